The molecule has 2 aromatic rings. The van der Waals surface area contributed by atoms with Gasteiger partial charge in [-0.1, -0.05) is 0 Å². The first kappa shape index (κ1) is 15.5. The lowest BCUT2D eigenvalue weighted by atomic mass is 10.1. The molecule has 120 valence electrons. The van der Waals surface area contributed by atoms with Gasteiger partial charge in [0.2, 0.25) is 0 Å². The number of hydrogen-bond acceptors (Lipinski definition) is 2. The van der Waals surface area contributed by atoms with Crippen molar-refractivity contribution in [1.29, 1.82) is 0 Å². The quantitative estimate of drug-likeness (QED) is 0.852. The van der Waals surface area contributed by atoms with E-state index in [1.807, 2.05) is 0 Å². The van der Waals surface area contributed by atoms with E-state index in [2.05, 4.69) is 10.3 Å². The number of benzene rings is 1. The lowest BCUT2D eigenvalue weighted by molar-refractivity contribution is -0.138. The summed E-state index contributed by atoms with van der Waals surface area (Å²) in [5.74, 6) is -1.16. The van der Waals surface area contributed by atoms with Crippen LogP contribution in [0, 0.1) is 5.82 Å². The zero-order valence-corrected chi connectivity index (χ0v) is 11.8. The van der Waals surface area contributed by atoms with E-state index in [1.165, 1.54) is 18.2 Å². The summed E-state index contributed by atoms with van der Waals surface area (Å²) in [6, 6.07) is 5.01. The number of carbonyl (C=O) groups excluding carboxylic acids is 1. The third-order valence-corrected chi connectivity index (χ3v) is 3.64. The number of nitrogens with one attached hydrogen (secondary N) is 1. The van der Waals surface area contributed by atoms with Crippen molar-refractivity contribution in [1.82, 2.24) is 4.98 Å². The lowest BCUT2D eigenvalue weighted by Gasteiger charge is -2.13. The molecule has 0 spiro atoms. The predicted octanol–water partition coefficient (Wildman–Crippen LogP) is 4.37. The molecule has 1 amide bonds. The summed E-state index contributed by atoms with van der Waals surface area (Å²) in [7, 11) is 0. The highest BCUT2D eigenvalue weighted by Crippen LogP contribution is 2.42. The van der Waals surface area contributed by atoms with Crippen molar-refractivity contribution < 1.29 is 22.4 Å². The van der Waals surface area contributed by atoms with Crippen LogP contribution < -0.4 is 5.32 Å². The standard InChI is InChI=1S/C16H12F4N2O/c17-14-4-3-10(7-12(14)9-1-2-9)22-15(23)11-5-6-21-8-13(11)16(18,19)20/h3-9H,1-2H2,(H,22,23). The number of anilines is 1. The van der Waals surface area contributed by atoms with Crippen molar-refractivity contribution in [2.24, 2.45) is 0 Å². The number of hydrogen-bond donors (Lipinski definition) is 1. The van der Waals surface area contributed by atoms with Crippen LogP contribution in [0.15, 0.2) is 36.7 Å². The third-order valence-electron chi connectivity index (χ3n) is 3.64. The number of nitrogens with zero attached hydrogens (tertiary/aromatic N) is 1. The van der Waals surface area contributed by atoms with E-state index in [0.717, 1.165) is 25.1 Å². The van der Waals surface area contributed by atoms with Gasteiger partial charge in [0.1, 0.15) is 5.82 Å². The Balaban J connectivity index is 1.87. The van der Waals surface area contributed by atoms with Gasteiger partial charge in [0, 0.05) is 18.1 Å². The Morgan fingerprint density at radius 1 is 1.22 bits per heavy atom. The van der Waals surface area contributed by atoms with E-state index >= 15 is 0 Å². The van der Waals surface area contributed by atoms with Crippen molar-refractivity contribution in [3.05, 3.63) is 59.2 Å². The van der Waals surface area contributed by atoms with Crippen LogP contribution >= 0.6 is 0 Å². The predicted molar refractivity (Wildman–Crippen MR) is 75.6 cm³/mol. The summed E-state index contributed by atoms with van der Waals surface area (Å²) < 4.78 is 52.4. The van der Waals surface area contributed by atoms with Crippen molar-refractivity contribution in [3.8, 4) is 0 Å². The second-order valence-corrected chi connectivity index (χ2v) is 5.38. The molecule has 0 aliphatic heterocycles. The minimum atomic E-state index is -4.68. The molecule has 1 saturated carbocycles. The fraction of sp³-hybridized carbons (Fsp3) is 0.250. The monoisotopic (exact) mass is 324 g/mol. The maximum Gasteiger partial charge on any atom is 0.418 e. The molecule has 0 atom stereocenters. The number of rotatable bonds is 3. The molecular formula is C16H12F4N2O. The molecule has 1 aromatic carbocycles. The van der Waals surface area contributed by atoms with Gasteiger partial charge >= 0.3 is 6.18 Å². The van der Waals surface area contributed by atoms with Crippen LogP contribution in [-0.2, 0) is 6.18 Å². The first-order chi connectivity index (χ1) is 10.9. The average molecular weight is 324 g/mol. The summed E-state index contributed by atoms with van der Waals surface area (Å²) in [6.45, 7) is 0. The molecule has 23 heavy (non-hydrogen) atoms. The zero-order valence-electron chi connectivity index (χ0n) is 11.8. The van der Waals surface area contributed by atoms with E-state index in [0.29, 0.717) is 11.8 Å². The molecule has 1 fully saturated rings. The van der Waals surface area contributed by atoms with Crippen LogP contribution in [0.2, 0.25) is 0 Å². The van der Waals surface area contributed by atoms with E-state index in [9.17, 15) is 22.4 Å². The van der Waals surface area contributed by atoms with Crippen molar-refractivity contribution in [2.75, 3.05) is 5.32 Å². The Kier molecular flexibility index (Phi) is 3.79. The van der Waals surface area contributed by atoms with Crippen LogP contribution in [0.1, 0.15) is 40.2 Å². The lowest BCUT2D eigenvalue weighted by Crippen LogP contribution is -2.19. The van der Waals surface area contributed by atoms with Gasteiger partial charge in [-0.25, -0.2) is 4.39 Å². The molecule has 0 unspecified atom stereocenters. The maximum atomic E-state index is 13.7. The van der Waals surface area contributed by atoms with Gasteiger partial charge in [0.25, 0.3) is 5.91 Å². The largest absolute Gasteiger partial charge is 0.418 e. The van der Waals surface area contributed by atoms with E-state index in [-0.39, 0.29) is 17.4 Å². The molecule has 1 aromatic heterocycles. The van der Waals surface area contributed by atoms with Gasteiger partial charge in [-0.15, -0.1) is 0 Å². The van der Waals surface area contributed by atoms with Crippen molar-refractivity contribution in [2.45, 2.75) is 24.9 Å². The van der Waals surface area contributed by atoms with Gasteiger partial charge in [-0.05, 0) is 48.6 Å². The highest BCUT2D eigenvalue weighted by atomic mass is 19.4. The molecular weight excluding hydrogens is 312 g/mol. The summed E-state index contributed by atoms with van der Waals surface area (Å²) >= 11 is 0. The fourth-order valence-corrected chi connectivity index (χ4v) is 2.35. The molecule has 7 heteroatoms. The molecule has 1 N–H and O–H groups in total. The second-order valence-electron chi connectivity index (χ2n) is 5.38. The highest BCUT2D eigenvalue weighted by Gasteiger charge is 2.35. The highest BCUT2D eigenvalue weighted by molar-refractivity contribution is 6.05. The Bertz CT molecular complexity index is 754. The van der Waals surface area contributed by atoms with Gasteiger partial charge in [-0.2, -0.15) is 13.2 Å². The number of halogens is 4. The van der Waals surface area contributed by atoms with Crippen LogP contribution in [0.3, 0.4) is 0 Å². The Labute approximate surface area is 129 Å². The molecule has 1 heterocycles. The minimum Gasteiger partial charge on any atom is -0.322 e. The Morgan fingerprint density at radius 3 is 2.61 bits per heavy atom. The molecule has 0 radical (unpaired) electrons. The Hall–Kier alpha value is -2.44. The smallest absolute Gasteiger partial charge is 0.322 e. The minimum absolute atomic E-state index is 0.124. The molecule has 3 rings (SSSR count). The van der Waals surface area contributed by atoms with Crippen LogP contribution in [0.5, 0.6) is 0 Å². The van der Waals surface area contributed by atoms with Crippen LogP contribution in [-0.4, -0.2) is 10.9 Å². The first-order valence-electron chi connectivity index (χ1n) is 6.98. The molecule has 0 bridgehead atoms. The van der Waals surface area contributed by atoms with Crippen LogP contribution in [0.4, 0.5) is 23.2 Å². The number of aromatic nitrogens is 1. The van der Waals surface area contributed by atoms with E-state index in [4.69, 9.17) is 0 Å². The molecule has 0 saturated heterocycles. The van der Waals surface area contributed by atoms with Crippen molar-refractivity contribution in [3.63, 3.8) is 0 Å². The number of alkyl halides is 3. The summed E-state index contributed by atoms with van der Waals surface area (Å²) in [4.78, 5) is 15.5. The number of amides is 1. The van der Waals surface area contributed by atoms with Gasteiger partial charge in [-0.3, -0.25) is 9.78 Å². The zero-order chi connectivity index (χ0) is 16.6. The van der Waals surface area contributed by atoms with E-state index in [1.54, 1.807) is 0 Å². The van der Waals surface area contributed by atoms with Gasteiger partial charge in [0.15, 0.2) is 0 Å². The first-order valence-corrected chi connectivity index (χ1v) is 6.98. The second kappa shape index (κ2) is 5.64. The molecule has 3 nitrogen and oxygen atoms in total. The SMILES string of the molecule is O=C(Nc1ccc(F)c(C2CC2)c1)c1ccncc1C(F)(F)F. The fourth-order valence-electron chi connectivity index (χ4n) is 2.35. The number of carbonyl (C=O) groups is 1. The van der Waals surface area contributed by atoms with Gasteiger partial charge < -0.3 is 5.32 Å². The maximum absolute atomic E-state index is 13.7. The summed E-state index contributed by atoms with van der Waals surface area (Å²) in [5, 5.41) is 2.39. The van der Waals surface area contributed by atoms with Gasteiger partial charge in [0.05, 0.1) is 11.1 Å². The van der Waals surface area contributed by atoms with E-state index < -0.39 is 23.2 Å². The van der Waals surface area contributed by atoms with Crippen molar-refractivity contribution >= 4 is 11.6 Å². The average Bonchev–Trinajstić information content (AvgIpc) is 3.33. The molecule has 1 aliphatic carbocycles. The third kappa shape index (κ3) is 3.33. The summed E-state index contributed by atoms with van der Waals surface area (Å²) in [6.07, 6.45) is -1.21. The molecule has 1 aliphatic rings. The summed E-state index contributed by atoms with van der Waals surface area (Å²) in [5.41, 5.74) is -0.886. The van der Waals surface area contributed by atoms with Crippen LogP contribution in [0.25, 0.3) is 0 Å². The number of pyridine rings is 1. The Morgan fingerprint density at radius 2 is 1.96 bits per heavy atom. The topological polar surface area (TPSA) is 42.0 Å². The normalized spacial score (nSPS) is 14.6.